The summed E-state index contributed by atoms with van der Waals surface area (Å²) in [5.41, 5.74) is 7.31. The first-order valence-corrected chi connectivity index (χ1v) is 4.70. The largest absolute Gasteiger partial charge is 0.439 e. The SMILES string of the molecule is Cc1cccc(Oc2ccc(N)cn2)c1. The Balaban J connectivity index is 2.18. The second kappa shape index (κ2) is 4.00. The van der Waals surface area contributed by atoms with Crippen LogP contribution < -0.4 is 10.5 Å². The Kier molecular flexibility index (Phi) is 2.54. The molecule has 0 aliphatic rings. The molecule has 2 aromatic rings. The van der Waals surface area contributed by atoms with E-state index in [1.165, 1.54) is 0 Å². The first-order chi connectivity index (χ1) is 7.24. The summed E-state index contributed by atoms with van der Waals surface area (Å²) in [6.07, 6.45) is 1.57. The lowest BCUT2D eigenvalue weighted by Gasteiger charge is -2.04. The van der Waals surface area contributed by atoms with Gasteiger partial charge in [-0.05, 0) is 30.7 Å². The van der Waals surface area contributed by atoms with Crippen molar-refractivity contribution in [2.75, 3.05) is 5.73 Å². The van der Waals surface area contributed by atoms with Gasteiger partial charge in [-0.2, -0.15) is 0 Å². The van der Waals surface area contributed by atoms with Crippen molar-refractivity contribution in [1.82, 2.24) is 4.98 Å². The fraction of sp³-hybridized carbons (Fsp3) is 0.0833. The van der Waals surface area contributed by atoms with Crippen LogP contribution in [0.2, 0.25) is 0 Å². The van der Waals surface area contributed by atoms with E-state index in [1.54, 1.807) is 18.3 Å². The van der Waals surface area contributed by atoms with Crippen LogP contribution in [0.1, 0.15) is 5.56 Å². The number of aromatic nitrogens is 1. The van der Waals surface area contributed by atoms with E-state index in [0.717, 1.165) is 11.3 Å². The lowest BCUT2D eigenvalue weighted by atomic mass is 10.2. The first kappa shape index (κ1) is 9.52. The third-order valence-corrected chi connectivity index (χ3v) is 1.97. The number of benzene rings is 1. The van der Waals surface area contributed by atoms with Crippen molar-refractivity contribution in [3.8, 4) is 11.6 Å². The topological polar surface area (TPSA) is 48.1 Å². The van der Waals surface area contributed by atoms with Crippen molar-refractivity contribution in [3.63, 3.8) is 0 Å². The predicted molar refractivity (Wildman–Crippen MR) is 59.9 cm³/mol. The summed E-state index contributed by atoms with van der Waals surface area (Å²) < 4.78 is 5.55. The number of hydrogen-bond acceptors (Lipinski definition) is 3. The van der Waals surface area contributed by atoms with Crippen molar-refractivity contribution in [1.29, 1.82) is 0 Å². The number of ether oxygens (including phenoxy) is 1. The number of nitrogens with two attached hydrogens (primary N) is 1. The van der Waals surface area contributed by atoms with Crippen LogP contribution in [0.3, 0.4) is 0 Å². The highest BCUT2D eigenvalue weighted by Crippen LogP contribution is 2.20. The molecule has 0 unspecified atom stereocenters. The molecule has 1 heterocycles. The molecule has 0 spiro atoms. The van der Waals surface area contributed by atoms with Gasteiger partial charge in [-0.25, -0.2) is 4.98 Å². The minimum Gasteiger partial charge on any atom is -0.439 e. The smallest absolute Gasteiger partial charge is 0.219 e. The molecule has 0 radical (unpaired) electrons. The van der Waals surface area contributed by atoms with Gasteiger partial charge in [-0.1, -0.05) is 12.1 Å². The molecule has 0 saturated carbocycles. The van der Waals surface area contributed by atoms with E-state index in [2.05, 4.69) is 4.98 Å². The normalized spacial score (nSPS) is 9.93. The zero-order valence-electron chi connectivity index (χ0n) is 8.47. The van der Waals surface area contributed by atoms with E-state index in [0.29, 0.717) is 11.6 Å². The second-order valence-electron chi connectivity index (χ2n) is 3.35. The van der Waals surface area contributed by atoms with E-state index >= 15 is 0 Å². The zero-order valence-corrected chi connectivity index (χ0v) is 8.47. The molecule has 0 aliphatic carbocycles. The Bertz CT molecular complexity index is 451. The maximum absolute atomic E-state index is 5.55. The predicted octanol–water partition coefficient (Wildman–Crippen LogP) is 2.76. The number of nitrogen functional groups attached to an aromatic ring is 1. The van der Waals surface area contributed by atoms with Crippen LogP contribution in [0.5, 0.6) is 11.6 Å². The molecular weight excluding hydrogens is 188 g/mol. The van der Waals surface area contributed by atoms with Gasteiger partial charge in [0.25, 0.3) is 0 Å². The number of nitrogens with zero attached hydrogens (tertiary/aromatic N) is 1. The Hall–Kier alpha value is -2.03. The number of pyridine rings is 1. The molecule has 1 aromatic heterocycles. The molecule has 0 amide bonds. The summed E-state index contributed by atoms with van der Waals surface area (Å²) >= 11 is 0. The molecule has 2 N–H and O–H groups in total. The molecule has 1 aromatic carbocycles. The highest BCUT2D eigenvalue weighted by Gasteiger charge is 1.97. The minimum absolute atomic E-state index is 0.551. The molecule has 76 valence electrons. The average molecular weight is 200 g/mol. The Labute approximate surface area is 88.5 Å². The van der Waals surface area contributed by atoms with Gasteiger partial charge in [-0.15, -0.1) is 0 Å². The summed E-state index contributed by atoms with van der Waals surface area (Å²) in [4.78, 5) is 4.06. The lowest BCUT2D eigenvalue weighted by molar-refractivity contribution is 0.463. The van der Waals surface area contributed by atoms with Crippen LogP contribution in [0.4, 0.5) is 5.69 Å². The van der Waals surface area contributed by atoms with Crippen LogP contribution in [0.15, 0.2) is 42.6 Å². The minimum atomic E-state index is 0.551. The molecule has 15 heavy (non-hydrogen) atoms. The van der Waals surface area contributed by atoms with Crippen molar-refractivity contribution < 1.29 is 4.74 Å². The molecule has 0 atom stereocenters. The number of rotatable bonds is 2. The van der Waals surface area contributed by atoms with E-state index in [4.69, 9.17) is 10.5 Å². The maximum Gasteiger partial charge on any atom is 0.219 e. The molecular formula is C12H12N2O. The Morgan fingerprint density at radius 2 is 2.07 bits per heavy atom. The summed E-state index contributed by atoms with van der Waals surface area (Å²) in [5.74, 6) is 1.34. The third-order valence-electron chi connectivity index (χ3n) is 1.97. The highest BCUT2D eigenvalue weighted by molar-refractivity contribution is 5.37. The quantitative estimate of drug-likeness (QED) is 0.810. The lowest BCUT2D eigenvalue weighted by Crippen LogP contribution is -1.90. The fourth-order valence-electron chi connectivity index (χ4n) is 1.25. The molecule has 0 bridgehead atoms. The highest BCUT2D eigenvalue weighted by atomic mass is 16.5. The van der Waals surface area contributed by atoms with Crippen LogP contribution in [0, 0.1) is 6.92 Å². The monoisotopic (exact) mass is 200 g/mol. The summed E-state index contributed by atoms with van der Waals surface area (Å²) in [6, 6.07) is 11.3. The molecule has 0 aliphatic heterocycles. The van der Waals surface area contributed by atoms with Crippen molar-refractivity contribution in [2.45, 2.75) is 6.92 Å². The van der Waals surface area contributed by atoms with Gasteiger partial charge in [0.15, 0.2) is 0 Å². The van der Waals surface area contributed by atoms with Crippen molar-refractivity contribution >= 4 is 5.69 Å². The van der Waals surface area contributed by atoms with Gasteiger partial charge in [-0.3, -0.25) is 0 Å². The van der Waals surface area contributed by atoms with Crippen LogP contribution >= 0.6 is 0 Å². The first-order valence-electron chi connectivity index (χ1n) is 4.70. The number of hydrogen-bond donors (Lipinski definition) is 1. The summed E-state index contributed by atoms with van der Waals surface area (Å²) in [6.45, 7) is 2.02. The van der Waals surface area contributed by atoms with Gasteiger partial charge >= 0.3 is 0 Å². The second-order valence-corrected chi connectivity index (χ2v) is 3.35. The standard InChI is InChI=1S/C12H12N2O/c1-9-3-2-4-11(7-9)15-12-6-5-10(13)8-14-12/h2-8H,13H2,1H3. The van der Waals surface area contributed by atoms with Gasteiger partial charge in [0.05, 0.1) is 11.9 Å². The fourth-order valence-corrected chi connectivity index (χ4v) is 1.25. The van der Waals surface area contributed by atoms with Crippen LogP contribution in [-0.4, -0.2) is 4.98 Å². The molecule has 3 nitrogen and oxygen atoms in total. The number of anilines is 1. The third kappa shape index (κ3) is 2.47. The number of aryl methyl sites for hydroxylation is 1. The van der Waals surface area contributed by atoms with E-state index in [9.17, 15) is 0 Å². The van der Waals surface area contributed by atoms with Gasteiger partial charge in [0, 0.05) is 6.07 Å². The Morgan fingerprint density at radius 3 is 2.73 bits per heavy atom. The van der Waals surface area contributed by atoms with Gasteiger partial charge < -0.3 is 10.5 Å². The summed E-state index contributed by atoms with van der Waals surface area (Å²) in [5, 5.41) is 0. The van der Waals surface area contributed by atoms with Crippen LogP contribution in [0.25, 0.3) is 0 Å². The maximum atomic E-state index is 5.55. The van der Waals surface area contributed by atoms with Crippen molar-refractivity contribution in [3.05, 3.63) is 48.2 Å². The van der Waals surface area contributed by atoms with Gasteiger partial charge in [0.1, 0.15) is 5.75 Å². The van der Waals surface area contributed by atoms with E-state index < -0.39 is 0 Å². The molecule has 3 heteroatoms. The van der Waals surface area contributed by atoms with E-state index in [1.807, 2.05) is 31.2 Å². The zero-order chi connectivity index (χ0) is 10.7. The van der Waals surface area contributed by atoms with E-state index in [-0.39, 0.29) is 0 Å². The average Bonchev–Trinajstić information content (AvgIpc) is 2.22. The summed E-state index contributed by atoms with van der Waals surface area (Å²) in [7, 11) is 0. The van der Waals surface area contributed by atoms with Crippen LogP contribution in [-0.2, 0) is 0 Å². The molecule has 0 saturated heterocycles. The van der Waals surface area contributed by atoms with Crippen molar-refractivity contribution in [2.24, 2.45) is 0 Å². The Morgan fingerprint density at radius 1 is 1.20 bits per heavy atom. The van der Waals surface area contributed by atoms with Gasteiger partial charge in [0.2, 0.25) is 5.88 Å². The molecule has 0 fully saturated rings. The molecule has 2 rings (SSSR count).